The number of para-hydroxylation sites is 1. The Labute approximate surface area is 120 Å². The number of nitrogens with one attached hydrogen (secondary N) is 1. The van der Waals surface area contributed by atoms with Gasteiger partial charge in [0.25, 0.3) is 0 Å². The van der Waals surface area contributed by atoms with Crippen LogP contribution in [0.3, 0.4) is 0 Å². The molecule has 0 bridgehead atoms. The minimum absolute atomic E-state index is 0.534. The van der Waals surface area contributed by atoms with E-state index in [2.05, 4.69) is 34.6 Å². The molecule has 1 aliphatic rings. The second-order valence-corrected chi connectivity index (χ2v) is 5.30. The Bertz CT molecular complexity index is 610. The highest BCUT2D eigenvalue weighted by Gasteiger charge is 2.23. The van der Waals surface area contributed by atoms with Crippen LogP contribution in [0, 0.1) is 6.92 Å². The number of aryl methyl sites for hydroxylation is 1. The number of pyridine rings is 1. The fraction of sp³-hybridized carbons (Fsp3) is 0.353. The SMILES string of the molecule is CNCC1CCOc2c(-c3ccnc(C)c3)cccc21. The lowest BCUT2D eigenvalue weighted by molar-refractivity contribution is 0.267. The minimum atomic E-state index is 0.534. The van der Waals surface area contributed by atoms with Crippen LogP contribution in [0.15, 0.2) is 36.5 Å². The predicted octanol–water partition coefficient (Wildman–Crippen LogP) is 3.14. The monoisotopic (exact) mass is 268 g/mol. The van der Waals surface area contributed by atoms with E-state index in [0.29, 0.717) is 5.92 Å². The van der Waals surface area contributed by atoms with Crippen molar-refractivity contribution >= 4 is 0 Å². The van der Waals surface area contributed by atoms with Crippen molar-refractivity contribution in [3.8, 4) is 16.9 Å². The quantitative estimate of drug-likeness (QED) is 0.928. The van der Waals surface area contributed by atoms with Crippen molar-refractivity contribution in [2.45, 2.75) is 19.3 Å². The fourth-order valence-corrected chi connectivity index (χ4v) is 2.90. The van der Waals surface area contributed by atoms with E-state index < -0.39 is 0 Å². The Balaban J connectivity index is 2.07. The van der Waals surface area contributed by atoms with Gasteiger partial charge in [-0.3, -0.25) is 4.98 Å². The molecule has 1 atom stereocenters. The molecule has 0 amide bonds. The summed E-state index contributed by atoms with van der Waals surface area (Å²) in [5.74, 6) is 1.58. The molecule has 0 saturated heterocycles. The third-order valence-corrected chi connectivity index (χ3v) is 3.86. The number of likely N-dealkylation sites (N-methyl/N-ethyl adjacent to an activating group) is 1. The summed E-state index contributed by atoms with van der Waals surface area (Å²) >= 11 is 0. The van der Waals surface area contributed by atoms with Crippen molar-refractivity contribution in [2.75, 3.05) is 20.2 Å². The minimum Gasteiger partial charge on any atom is -0.493 e. The largest absolute Gasteiger partial charge is 0.493 e. The van der Waals surface area contributed by atoms with Crippen LogP contribution in [-0.4, -0.2) is 25.2 Å². The van der Waals surface area contributed by atoms with E-state index in [4.69, 9.17) is 4.74 Å². The Hall–Kier alpha value is -1.87. The first-order chi connectivity index (χ1) is 9.79. The van der Waals surface area contributed by atoms with Gasteiger partial charge in [0.05, 0.1) is 6.61 Å². The fourth-order valence-electron chi connectivity index (χ4n) is 2.90. The molecular weight excluding hydrogens is 248 g/mol. The lowest BCUT2D eigenvalue weighted by Crippen LogP contribution is -2.23. The van der Waals surface area contributed by atoms with Gasteiger partial charge in [-0.15, -0.1) is 0 Å². The zero-order valence-electron chi connectivity index (χ0n) is 12.0. The van der Waals surface area contributed by atoms with E-state index in [0.717, 1.165) is 31.0 Å². The molecule has 0 aliphatic carbocycles. The number of fused-ring (bicyclic) bond motifs is 1. The van der Waals surface area contributed by atoms with Gasteiger partial charge in [0.1, 0.15) is 5.75 Å². The van der Waals surface area contributed by atoms with Crippen molar-refractivity contribution in [1.82, 2.24) is 10.3 Å². The summed E-state index contributed by atoms with van der Waals surface area (Å²) in [5, 5.41) is 3.28. The van der Waals surface area contributed by atoms with Crippen molar-refractivity contribution in [1.29, 1.82) is 0 Å². The Morgan fingerprint density at radius 1 is 1.35 bits per heavy atom. The highest BCUT2D eigenvalue weighted by Crippen LogP contribution is 2.40. The summed E-state index contributed by atoms with van der Waals surface area (Å²) in [4.78, 5) is 4.27. The molecule has 1 aliphatic heterocycles. The van der Waals surface area contributed by atoms with Crippen LogP contribution in [0.1, 0.15) is 23.6 Å². The van der Waals surface area contributed by atoms with Gasteiger partial charge in [0, 0.05) is 29.9 Å². The highest BCUT2D eigenvalue weighted by molar-refractivity contribution is 5.73. The maximum atomic E-state index is 5.98. The van der Waals surface area contributed by atoms with E-state index in [1.54, 1.807) is 0 Å². The van der Waals surface area contributed by atoms with Crippen LogP contribution < -0.4 is 10.1 Å². The number of hydrogen-bond donors (Lipinski definition) is 1. The molecule has 0 fully saturated rings. The first kappa shape index (κ1) is 13.1. The smallest absolute Gasteiger partial charge is 0.130 e. The number of hydrogen-bond acceptors (Lipinski definition) is 3. The second-order valence-electron chi connectivity index (χ2n) is 5.30. The number of ether oxygens (including phenoxy) is 1. The molecule has 1 N–H and O–H groups in total. The number of nitrogens with zero attached hydrogens (tertiary/aromatic N) is 1. The third-order valence-electron chi connectivity index (χ3n) is 3.86. The topological polar surface area (TPSA) is 34.1 Å². The number of rotatable bonds is 3. The van der Waals surface area contributed by atoms with Crippen LogP contribution in [0.25, 0.3) is 11.1 Å². The van der Waals surface area contributed by atoms with Crippen LogP contribution >= 0.6 is 0 Å². The van der Waals surface area contributed by atoms with Crippen molar-refractivity contribution in [3.05, 3.63) is 47.8 Å². The normalized spacial score (nSPS) is 17.4. The van der Waals surface area contributed by atoms with Gasteiger partial charge in [-0.05, 0) is 43.7 Å². The van der Waals surface area contributed by atoms with Gasteiger partial charge in [0.2, 0.25) is 0 Å². The van der Waals surface area contributed by atoms with Crippen molar-refractivity contribution in [3.63, 3.8) is 0 Å². The maximum absolute atomic E-state index is 5.98. The molecular formula is C17H20N2O. The lowest BCUT2D eigenvalue weighted by Gasteiger charge is -2.27. The molecule has 3 heteroatoms. The molecule has 0 spiro atoms. The van der Waals surface area contributed by atoms with Gasteiger partial charge in [-0.2, -0.15) is 0 Å². The highest BCUT2D eigenvalue weighted by atomic mass is 16.5. The average molecular weight is 268 g/mol. The van der Waals surface area contributed by atoms with Crippen LogP contribution in [0.2, 0.25) is 0 Å². The third kappa shape index (κ3) is 2.41. The molecule has 104 valence electrons. The molecule has 0 radical (unpaired) electrons. The molecule has 20 heavy (non-hydrogen) atoms. The molecule has 1 aromatic carbocycles. The summed E-state index contributed by atoms with van der Waals surface area (Å²) < 4.78 is 5.98. The van der Waals surface area contributed by atoms with Gasteiger partial charge in [-0.25, -0.2) is 0 Å². The lowest BCUT2D eigenvalue weighted by atomic mass is 9.89. The van der Waals surface area contributed by atoms with Gasteiger partial charge >= 0.3 is 0 Å². The molecule has 0 saturated carbocycles. The summed E-state index contributed by atoms with van der Waals surface area (Å²) in [5.41, 5.74) is 4.70. The van der Waals surface area contributed by atoms with Crippen LogP contribution in [-0.2, 0) is 0 Å². The van der Waals surface area contributed by atoms with E-state index in [1.165, 1.54) is 16.7 Å². The first-order valence-electron chi connectivity index (χ1n) is 7.13. The molecule has 3 nitrogen and oxygen atoms in total. The first-order valence-corrected chi connectivity index (χ1v) is 7.13. The second kappa shape index (κ2) is 5.63. The van der Waals surface area contributed by atoms with Crippen molar-refractivity contribution < 1.29 is 4.74 Å². The van der Waals surface area contributed by atoms with E-state index in [9.17, 15) is 0 Å². The molecule has 2 aromatic rings. The van der Waals surface area contributed by atoms with E-state index in [1.807, 2.05) is 26.2 Å². The number of benzene rings is 1. The van der Waals surface area contributed by atoms with Crippen molar-refractivity contribution in [2.24, 2.45) is 0 Å². The van der Waals surface area contributed by atoms with Gasteiger partial charge < -0.3 is 10.1 Å². The maximum Gasteiger partial charge on any atom is 0.130 e. The van der Waals surface area contributed by atoms with Crippen LogP contribution in [0.4, 0.5) is 0 Å². The standard InChI is InChI=1S/C17H20N2O/c1-12-10-13(6-8-19-12)15-4-3-5-16-14(11-18-2)7-9-20-17(15)16/h3-6,8,10,14,18H,7,9,11H2,1-2H3. The van der Waals surface area contributed by atoms with Gasteiger partial charge in [0.15, 0.2) is 0 Å². The summed E-state index contributed by atoms with van der Waals surface area (Å²) in [6.07, 6.45) is 2.94. The Kier molecular flexibility index (Phi) is 3.70. The summed E-state index contributed by atoms with van der Waals surface area (Å²) in [6, 6.07) is 10.6. The zero-order valence-corrected chi connectivity index (χ0v) is 12.0. The average Bonchev–Trinajstić information content (AvgIpc) is 2.47. The summed E-state index contributed by atoms with van der Waals surface area (Å²) in [6.45, 7) is 3.80. The predicted molar refractivity (Wildman–Crippen MR) is 81.2 cm³/mol. The molecule has 3 rings (SSSR count). The molecule has 1 unspecified atom stereocenters. The zero-order chi connectivity index (χ0) is 13.9. The van der Waals surface area contributed by atoms with Gasteiger partial charge in [-0.1, -0.05) is 18.2 Å². The van der Waals surface area contributed by atoms with E-state index in [-0.39, 0.29) is 0 Å². The Morgan fingerprint density at radius 3 is 3.05 bits per heavy atom. The van der Waals surface area contributed by atoms with E-state index >= 15 is 0 Å². The summed E-state index contributed by atoms with van der Waals surface area (Å²) in [7, 11) is 2.01. The van der Waals surface area contributed by atoms with Crippen LogP contribution in [0.5, 0.6) is 5.75 Å². The number of aromatic nitrogens is 1. The Morgan fingerprint density at radius 2 is 2.25 bits per heavy atom. The molecule has 2 heterocycles. The molecule has 1 aromatic heterocycles.